The standard InChI is InChI=1S/C9H7F2IO/c1-5(13)6-3-2-4-7(8(6)12)9(10)11/h2-4,9H,1H3. The van der Waals surface area contributed by atoms with Gasteiger partial charge in [-0.05, 0) is 29.5 Å². The van der Waals surface area contributed by atoms with E-state index < -0.39 is 6.43 Å². The molecule has 1 rings (SSSR count). The van der Waals surface area contributed by atoms with E-state index in [1.165, 1.54) is 19.1 Å². The van der Waals surface area contributed by atoms with E-state index >= 15 is 0 Å². The molecule has 0 saturated carbocycles. The van der Waals surface area contributed by atoms with E-state index in [1.54, 1.807) is 28.7 Å². The molecule has 0 aliphatic rings. The number of benzene rings is 1. The van der Waals surface area contributed by atoms with Gasteiger partial charge in [0.1, 0.15) is 0 Å². The first kappa shape index (κ1) is 10.6. The Hall–Kier alpha value is -0.520. The number of hydrogen-bond acceptors (Lipinski definition) is 1. The van der Waals surface area contributed by atoms with Crippen LogP contribution in [0.15, 0.2) is 18.2 Å². The van der Waals surface area contributed by atoms with Crippen LogP contribution in [0.5, 0.6) is 0 Å². The third kappa shape index (κ3) is 2.24. The van der Waals surface area contributed by atoms with E-state index in [1.807, 2.05) is 0 Å². The summed E-state index contributed by atoms with van der Waals surface area (Å²) in [6.07, 6.45) is -2.52. The monoisotopic (exact) mass is 296 g/mol. The van der Waals surface area contributed by atoms with Crippen molar-refractivity contribution in [2.24, 2.45) is 0 Å². The highest BCUT2D eigenvalue weighted by atomic mass is 127. The second-order valence-electron chi connectivity index (χ2n) is 2.57. The Labute approximate surface area is 88.3 Å². The van der Waals surface area contributed by atoms with Crippen molar-refractivity contribution < 1.29 is 13.6 Å². The SMILES string of the molecule is CC(=O)c1cccc(C(F)F)c1I. The summed E-state index contributed by atoms with van der Waals surface area (Å²) in [6, 6.07) is 4.36. The second-order valence-corrected chi connectivity index (χ2v) is 3.64. The second kappa shape index (κ2) is 4.13. The van der Waals surface area contributed by atoms with Gasteiger partial charge in [0.25, 0.3) is 6.43 Å². The van der Waals surface area contributed by atoms with Gasteiger partial charge >= 0.3 is 0 Å². The van der Waals surface area contributed by atoms with Gasteiger partial charge in [0.2, 0.25) is 0 Å². The van der Waals surface area contributed by atoms with Gasteiger partial charge in [0.15, 0.2) is 5.78 Å². The van der Waals surface area contributed by atoms with Gasteiger partial charge in [-0.15, -0.1) is 0 Å². The van der Waals surface area contributed by atoms with Crippen LogP contribution in [-0.2, 0) is 0 Å². The Morgan fingerprint density at radius 1 is 1.46 bits per heavy atom. The molecule has 0 amide bonds. The predicted molar refractivity (Wildman–Crippen MR) is 54.1 cm³/mol. The predicted octanol–water partition coefficient (Wildman–Crippen LogP) is 3.43. The van der Waals surface area contributed by atoms with Crippen LogP contribution in [0.3, 0.4) is 0 Å². The average Bonchev–Trinajstić information content (AvgIpc) is 2.03. The Morgan fingerprint density at radius 2 is 2.08 bits per heavy atom. The number of Topliss-reactive ketones (excluding diaryl/α,β-unsaturated/α-hetero) is 1. The lowest BCUT2D eigenvalue weighted by Gasteiger charge is -2.06. The minimum absolute atomic E-state index is 0.0756. The van der Waals surface area contributed by atoms with Crippen molar-refractivity contribution in [2.75, 3.05) is 0 Å². The van der Waals surface area contributed by atoms with Gasteiger partial charge in [-0.2, -0.15) is 0 Å². The molecule has 0 saturated heterocycles. The maximum Gasteiger partial charge on any atom is 0.264 e. The van der Waals surface area contributed by atoms with Crippen molar-refractivity contribution in [3.8, 4) is 0 Å². The molecule has 0 aliphatic heterocycles. The van der Waals surface area contributed by atoms with Crippen LogP contribution in [0.2, 0.25) is 0 Å². The maximum absolute atomic E-state index is 12.4. The fourth-order valence-electron chi connectivity index (χ4n) is 0.990. The van der Waals surface area contributed by atoms with Crippen molar-refractivity contribution in [1.29, 1.82) is 0 Å². The molecule has 0 fully saturated rings. The molecule has 0 radical (unpaired) electrons. The molecule has 0 atom stereocenters. The third-order valence-electron chi connectivity index (χ3n) is 1.64. The lowest BCUT2D eigenvalue weighted by atomic mass is 10.1. The first-order chi connectivity index (χ1) is 6.04. The Morgan fingerprint density at radius 3 is 2.54 bits per heavy atom. The number of rotatable bonds is 2. The largest absolute Gasteiger partial charge is 0.294 e. The highest BCUT2D eigenvalue weighted by Crippen LogP contribution is 2.26. The molecule has 0 bridgehead atoms. The van der Waals surface area contributed by atoms with Crippen LogP contribution >= 0.6 is 22.6 Å². The zero-order chi connectivity index (χ0) is 10.0. The van der Waals surface area contributed by atoms with Crippen LogP contribution < -0.4 is 0 Å². The van der Waals surface area contributed by atoms with Crippen LogP contribution in [0.1, 0.15) is 29.3 Å². The minimum atomic E-state index is -2.52. The average molecular weight is 296 g/mol. The van der Waals surface area contributed by atoms with E-state index in [4.69, 9.17) is 0 Å². The highest BCUT2D eigenvalue weighted by molar-refractivity contribution is 14.1. The number of carbonyl (C=O) groups is 1. The van der Waals surface area contributed by atoms with Gasteiger partial charge in [-0.25, -0.2) is 8.78 Å². The molecule has 1 aromatic carbocycles. The molecule has 0 aromatic heterocycles. The summed E-state index contributed by atoms with van der Waals surface area (Å²) in [5.74, 6) is -0.188. The summed E-state index contributed by atoms with van der Waals surface area (Å²) in [5, 5.41) is 0. The normalized spacial score (nSPS) is 10.5. The molecule has 1 aromatic rings. The summed E-state index contributed by atoms with van der Waals surface area (Å²) in [7, 11) is 0. The summed E-state index contributed by atoms with van der Waals surface area (Å²) in [4.78, 5) is 11.0. The topological polar surface area (TPSA) is 17.1 Å². The number of halogens is 3. The number of ketones is 1. The summed E-state index contributed by atoms with van der Waals surface area (Å²) < 4.78 is 25.1. The van der Waals surface area contributed by atoms with Gasteiger partial charge in [0.05, 0.1) is 0 Å². The molecular formula is C9H7F2IO. The van der Waals surface area contributed by atoms with Gasteiger partial charge < -0.3 is 0 Å². The number of hydrogen-bond donors (Lipinski definition) is 0. The van der Waals surface area contributed by atoms with Crippen LogP contribution in [-0.4, -0.2) is 5.78 Å². The van der Waals surface area contributed by atoms with Crippen LogP contribution in [0, 0.1) is 3.57 Å². The Balaban J connectivity index is 3.26. The van der Waals surface area contributed by atoms with Gasteiger partial charge in [-0.1, -0.05) is 18.2 Å². The number of carbonyl (C=O) groups excluding carboxylic acids is 1. The molecular weight excluding hydrogens is 289 g/mol. The lowest BCUT2D eigenvalue weighted by molar-refractivity contribution is 0.101. The van der Waals surface area contributed by atoms with Crippen molar-refractivity contribution >= 4 is 28.4 Å². The van der Waals surface area contributed by atoms with E-state index in [0.29, 0.717) is 9.13 Å². The van der Waals surface area contributed by atoms with E-state index in [2.05, 4.69) is 0 Å². The van der Waals surface area contributed by atoms with E-state index in [9.17, 15) is 13.6 Å². The van der Waals surface area contributed by atoms with Crippen molar-refractivity contribution in [1.82, 2.24) is 0 Å². The first-order valence-corrected chi connectivity index (χ1v) is 4.69. The van der Waals surface area contributed by atoms with Crippen LogP contribution in [0.4, 0.5) is 8.78 Å². The first-order valence-electron chi connectivity index (χ1n) is 3.61. The molecule has 13 heavy (non-hydrogen) atoms. The van der Waals surface area contributed by atoms with E-state index in [-0.39, 0.29) is 11.3 Å². The molecule has 4 heteroatoms. The zero-order valence-corrected chi connectivity index (χ0v) is 9.01. The summed E-state index contributed by atoms with van der Waals surface area (Å²) in [6.45, 7) is 1.37. The quantitative estimate of drug-likeness (QED) is 0.603. The smallest absolute Gasteiger partial charge is 0.264 e. The van der Waals surface area contributed by atoms with Gasteiger partial charge in [-0.3, -0.25) is 4.79 Å². The van der Waals surface area contributed by atoms with Crippen molar-refractivity contribution in [3.05, 3.63) is 32.9 Å². The zero-order valence-electron chi connectivity index (χ0n) is 6.85. The lowest BCUT2D eigenvalue weighted by Crippen LogP contribution is -2.00. The Bertz CT molecular complexity index is 336. The fraction of sp³-hybridized carbons (Fsp3) is 0.222. The summed E-state index contributed by atoms with van der Waals surface area (Å²) >= 11 is 1.77. The summed E-state index contributed by atoms with van der Waals surface area (Å²) in [5.41, 5.74) is 0.284. The maximum atomic E-state index is 12.4. The fourth-order valence-corrected chi connectivity index (χ4v) is 1.97. The molecule has 0 heterocycles. The molecule has 1 nitrogen and oxygen atoms in total. The van der Waals surface area contributed by atoms with Crippen molar-refractivity contribution in [2.45, 2.75) is 13.3 Å². The molecule has 0 unspecified atom stereocenters. The van der Waals surface area contributed by atoms with E-state index in [0.717, 1.165) is 0 Å². The third-order valence-corrected chi connectivity index (χ3v) is 2.85. The molecule has 70 valence electrons. The Kier molecular flexibility index (Phi) is 3.35. The molecule has 0 aliphatic carbocycles. The van der Waals surface area contributed by atoms with Crippen LogP contribution in [0.25, 0.3) is 0 Å². The van der Waals surface area contributed by atoms with Crippen molar-refractivity contribution in [3.63, 3.8) is 0 Å². The molecule has 0 spiro atoms. The number of alkyl halides is 2. The van der Waals surface area contributed by atoms with Gasteiger partial charge in [0, 0.05) is 14.7 Å². The minimum Gasteiger partial charge on any atom is -0.294 e. The molecule has 0 N–H and O–H groups in total. The highest BCUT2D eigenvalue weighted by Gasteiger charge is 2.15.